The van der Waals surface area contributed by atoms with Crippen LogP contribution in [0.5, 0.6) is 0 Å². The molecule has 0 radical (unpaired) electrons. The summed E-state index contributed by atoms with van der Waals surface area (Å²) in [6, 6.07) is 1.33. The van der Waals surface area contributed by atoms with Crippen LogP contribution in [-0.2, 0) is 6.42 Å². The third-order valence-corrected chi connectivity index (χ3v) is 4.21. The predicted octanol–water partition coefficient (Wildman–Crippen LogP) is 1.76. The monoisotopic (exact) mass is 239 g/mol. The highest BCUT2D eigenvalue weighted by Gasteiger charge is 2.23. The molecule has 2 atom stereocenters. The average molecular weight is 239 g/mol. The van der Waals surface area contributed by atoms with Crippen molar-refractivity contribution in [1.82, 2.24) is 15.2 Å². The van der Waals surface area contributed by atoms with Crippen molar-refractivity contribution in [2.75, 3.05) is 19.6 Å². The molecule has 0 spiro atoms. The Labute approximate surface area is 102 Å². The van der Waals surface area contributed by atoms with Crippen LogP contribution in [-0.4, -0.2) is 41.6 Å². The maximum atomic E-state index is 4.34. The molecule has 4 heteroatoms. The van der Waals surface area contributed by atoms with Gasteiger partial charge < -0.3 is 5.32 Å². The van der Waals surface area contributed by atoms with Crippen molar-refractivity contribution in [2.45, 2.75) is 38.8 Å². The van der Waals surface area contributed by atoms with E-state index in [2.05, 4.69) is 34.4 Å². The van der Waals surface area contributed by atoms with Gasteiger partial charge in [0.2, 0.25) is 0 Å². The van der Waals surface area contributed by atoms with Gasteiger partial charge in [0.25, 0.3) is 0 Å². The zero-order chi connectivity index (χ0) is 11.4. The summed E-state index contributed by atoms with van der Waals surface area (Å²) in [5, 5.41) is 6.91. The van der Waals surface area contributed by atoms with Crippen LogP contribution in [0.2, 0.25) is 0 Å². The van der Waals surface area contributed by atoms with Crippen LogP contribution in [0.15, 0.2) is 11.6 Å². The lowest BCUT2D eigenvalue weighted by atomic mass is 10.1. The van der Waals surface area contributed by atoms with Crippen molar-refractivity contribution >= 4 is 11.3 Å². The van der Waals surface area contributed by atoms with Crippen molar-refractivity contribution in [2.24, 2.45) is 0 Å². The lowest BCUT2D eigenvalue weighted by molar-refractivity contribution is 0.141. The predicted molar refractivity (Wildman–Crippen MR) is 68.9 cm³/mol. The summed E-state index contributed by atoms with van der Waals surface area (Å²) >= 11 is 1.77. The molecule has 0 saturated carbocycles. The molecule has 1 aromatic heterocycles. The zero-order valence-electron chi connectivity index (χ0n) is 10.1. The highest BCUT2D eigenvalue weighted by molar-refractivity contribution is 7.09. The smallest absolute Gasteiger partial charge is 0.0937 e. The second-order valence-corrected chi connectivity index (χ2v) is 5.51. The molecule has 16 heavy (non-hydrogen) atoms. The van der Waals surface area contributed by atoms with E-state index in [1.807, 2.05) is 6.20 Å². The van der Waals surface area contributed by atoms with Gasteiger partial charge in [0, 0.05) is 49.7 Å². The molecule has 0 aromatic carbocycles. The molecule has 1 N–H and O–H groups in total. The van der Waals surface area contributed by atoms with Gasteiger partial charge in [-0.3, -0.25) is 4.90 Å². The van der Waals surface area contributed by atoms with E-state index >= 15 is 0 Å². The number of piperazine rings is 1. The van der Waals surface area contributed by atoms with Gasteiger partial charge in [0.1, 0.15) is 0 Å². The van der Waals surface area contributed by atoms with E-state index < -0.39 is 0 Å². The lowest BCUT2D eigenvalue weighted by Gasteiger charge is -2.38. The van der Waals surface area contributed by atoms with Gasteiger partial charge in [-0.1, -0.05) is 6.92 Å². The fourth-order valence-electron chi connectivity index (χ4n) is 2.19. The maximum absolute atomic E-state index is 4.34. The average Bonchev–Trinajstić information content (AvgIpc) is 2.81. The van der Waals surface area contributed by atoms with Gasteiger partial charge in [0.15, 0.2) is 0 Å². The fourth-order valence-corrected chi connectivity index (χ4v) is 2.80. The molecule has 2 heterocycles. The molecule has 2 unspecified atom stereocenters. The molecular weight excluding hydrogens is 218 g/mol. The number of hydrogen-bond acceptors (Lipinski definition) is 4. The lowest BCUT2D eigenvalue weighted by Crippen LogP contribution is -2.55. The molecular formula is C12H21N3S. The molecule has 1 aliphatic heterocycles. The molecule has 1 fully saturated rings. The minimum Gasteiger partial charge on any atom is -0.311 e. The number of rotatable bonds is 4. The van der Waals surface area contributed by atoms with Crippen LogP contribution in [0.4, 0.5) is 0 Å². The number of thiazole rings is 1. The van der Waals surface area contributed by atoms with Crippen LogP contribution in [0.1, 0.15) is 25.3 Å². The van der Waals surface area contributed by atoms with Crippen LogP contribution in [0.25, 0.3) is 0 Å². The minimum atomic E-state index is 0.655. The van der Waals surface area contributed by atoms with Crippen LogP contribution < -0.4 is 5.32 Å². The Kier molecular flexibility index (Phi) is 4.32. The third kappa shape index (κ3) is 3.03. The topological polar surface area (TPSA) is 28.2 Å². The summed E-state index contributed by atoms with van der Waals surface area (Å²) < 4.78 is 0. The number of hydrogen-bond donors (Lipinski definition) is 1. The van der Waals surface area contributed by atoms with Crippen molar-refractivity contribution in [3.8, 4) is 0 Å². The summed E-state index contributed by atoms with van der Waals surface area (Å²) in [5.41, 5.74) is 0. The molecule has 3 nitrogen and oxygen atoms in total. The maximum Gasteiger partial charge on any atom is 0.0937 e. The number of nitrogens with zero attached hydrogens (tertiary/aromatic N) is 2. The van der Waals surface area contributed by atoms with Gasteiger partial charge in [0.05, 0.1) is 5.01 Å². The fraction of sp³-hybridized carbons (Fsp3) is 0.750. The quantitative estimate of drug-likeness (QED) is 0.868. The summed E-state index contributed by atoms with van der Waals surface area (Å²) in [5.74, 6) is 0. The molecule has 1 aromatic rings. The van der Waals surface area contributed by atoms with Crippen molar-refractivity contribution in [3.63, 3.8) is 0 Å². The van der Waals surface area contributed by atoms with Crippen molar-refractivity contribution in [1.29, 1.82) is 0 Å². The molecule has 1 saturated heterocycles. The standard InChI is InChI=1S/C12H21N3S/c1-3-11-9-15(10(2)8-14-11)6-4-12-13-5-7-16-12/h5,7,10-11,14H,3-4,6,8-9H2,1-2H3. The second kappa shape index (κ2) is 5.75. The largest absolute Gasteiger partial charge is 0.311 e. The van der Waals surface area contributed by atoms with Gasteiger partial charge in [-0.25, -0.2) is 4.98 Å². The first-order chi connectivity index (χ1) is 7.79. The summed E-state index contributed by atoms with van der Waals surface area (Å²) in [4.78, 5) is 6.93. The van der Waals surface area contributed by atoms with Crippen LogP contribution >= 0.6 is 11.3 Å². The molecule has 0 bridgehead atoms. The Balaban J connectivity index is 1.82. The van der Waals surface area contributed by atoms with Crippen LogP contribution in [0, 0.1) is 0 Å². The Morgan fingerprint density at radius 1 is 1.62 bits per heavy atom. The first kappa shape index (κ1) is 12.0. The Bertz CT molecular complexity index is 299. The van der Waals surface area contributed by atoms with E-state index in [0.29, 0.717) is 12.1 Å². The SMILES string of the molecule is CCC1CN(CCc2nccs2)C(C)CN1. The Hall–Kier alpha value is -0.450. The van der Waals surface area contributed by atoms with E-state index in [1.165, 1.54) is 18.0 Å². The van der Waals surface area contributed by atoms with Crippen LogP contribution in [0.3, 0.4) is 0 Å². The van der Waals surface area contributed by atoms with Gasteiger partial charge in [-0.15, -0.1) is 11.3 Å². The zero-order valence-corrected chi connectivity index (χ0v) is 11.0. The van der Waals surface area contributed by atoms with Gasteiger partial charge >= 0.3 is 0 Å². The molecule has 2 rings (SSSR count). The first-order valence-corrected chi connectivity index (χ1v) is 7.03. The Morgan fingerprint density at radius 3 is 3.19 bits per heavy atom. The summed E-state index contributed by atoms with van der Waals surface area (Å²) in [6.45, 7) is 8.01. The Morgan fingerprint density at radius 2 is 2.50 bits per heavy atom. The first-order valence-electron chi connectivity index (χ1n) is 6.15. The highest BCUT2D eigenvalue weighted by Crippen LogP contribution is 2.11. The second-order valence-electron chi connectivity index (χ2n) is 4.53. The molecule has 0 aliphatic carbocycles. The van der Waals surface area contributed by atoms with E-state index in [0.717, 1.165) is 19.5 Å². The highest BCUT2D eigenvalue weighted by atomic mass is 32.1. The third-order valence-electron chi connectivity index (χ3n) is 3.37. The van der Waals surface area contributed by atoms with E-state index in [9.17, 15) is 0 Å². The summed E-state index contributed by atoms with van der Waals surface area (Å²) in [7, 11) is 0. The van der Waals surface area contributed by atoms with E-state index in [1.54, 1.807) is 11.3 Å². The van der Waals surface area contributed by atoms with Crippen molar-refractivity contribution in [3.05, 3.63) is 16.6 Å². The van der Waals surface area contributed by atoms with Crippen molar-refractivity contribution < 1.29 is 0 Å². The molecule has 0 amide bonds. The van der Waals surface area contributed by atoms with Gasteiger partial charge in [-0.2, -0.15) is 0 Å². The number of nitrogens with one attached hydrogen (secondary N) is 1. The minimum absolute atomic E-state index is 0.655. The number of aromatic nitrogens is 1. The van der Waals surface area contributed by atoms with E-state index in [4.69, 9.17) is 0 Å². The van der Waals surface area contributed by atoms with Gasteiger partial charge in [-0.05, 0) is 13.3 Å². The summed E-state index contributed by atoms with van der Waals surface area (Å²) in [6.07, 6.45) is 4.22. The molecule has 90 valence electrons. The normalized spacial score (nSPS) is 27.1. The molecule has 1 aliphatic rings. The van der Waals surface area contributed by atoms with E-state index in [-0.39, 0.29) is 0 Å².